The van der Waals surface area contributed by atoms with Crippen molar-refractivity contribution in [3.8, 4) is 0 Å². The van der Waals surface area contributed by atoms with Crippen LogP contribution in [0.2, 0.25) is 0 Å². The number of hydrogen-bond donors (Lipinski definition) is 1. The molecule has 0 radical (unpaired) electrons. The van der Waals surface area contributed by atoms with Gasteiger partial charge < -0.3 is 5.32 Å². The number of nitrogens with one attached hydrogen (secondary N) is 1. The van der Waals surface area contributed by atoms with Crippen molar-refractivity contribution in [3.63, 3.8) is 0 Å². The lowest BCUT2D eigenvalue weighted by Crippen LogP contribution is -2.21. The number of hydrogen-bond acceptors (Lipinski definition) is 2. The minimum absolute atomic E-state index is 0.137. The molecule has 1 aromatic heterocycles. The first-order valence-electron chi connectivity index (χ1n) is 5.45. The Morgan fingerprint density at radius 1 is 1.16 bits per heavy atom. The third-order valence-electron chi connectivity index (χ3n) is 2.74. The quantitative estimate of drug-likeness (QED) is 0.930. The van der Waals surface area contributed by atoms with E-state index in [0.717, 1.165) is 18.3 Å². The highest BCUT2D eigenvalue weighted by molar-refractivity contribution is 9.10. The minimum atomic E-state index is -0.920. The molecule has 0 aliphatic carbocycles. The number of rotatable bonds is 3. The predicted octanol–water partition coefficient (Wildman–Crippen LogP) is 3.57. The van der Waals surface area contributed by atoms with Crippen LogP contribution in [-0.4, -0.2) is 12.0 Å². The highest BCUT2D eigenvalue weighted by Gasteiger charge is 2.23. The summed E-state index contributed by atoms with van der Waals surface area (Å²) in [6, 6.07) is 2.75. The number of pyridine rings is 1. The van der Waals surface area contributed by atoms with Gasteiger partial charge in [0.25, 0.3) is 0 Å². The van der Waals surface area contributed by atoms with Gasteiger partial charge in [-0.05, 0) is 25.2 Å². The maximum Gasteiger partial charge on any atom is 0.146 e. The Kier molecular flexibility index (Phi) is 4.21. The van der Waals surface area contributed by atoms with Crippen molar-refractivity contribution in [1.82, 2.24) is 10.3 Å². The summed E-state index contributed by atoms with van der Waals surface area (Å²) in [5.41, 5.74) is -0.0894. The summed E-state index contributed by atoms with van der Waals surface area (Å²) in [4.78, 5) is 3.62. The van der Waals surface area contributed by atoms with Crippen molar-refractivity contribution in [2.75, 3.05) is 7.05 Å². The predicted molar refractivity (Wildman–Crippen MR) is 69.2 cm³/mol. The zero-order valence-corrected chi connectivity index (χ0v) is 11.5. The van der Waals surface area contributed by atoms with E-state index < -0.39 is 23.5 Å². The Morgan fingerprint density at radius 3 is 2.32 bits per heavy atom. The molecule has 0 bridgehead atoms. The van der Waals surface area contributed by atoms with Crippen LogP contribution in [0.5, 0.6) is 0 Å². The van der Waals surface area contributed by atoms with Gasteiger partial charge >= 0.3 is 0 Å². The first kappa shape index (κ1) is 14.0. The van der Waals surface area contributed by atoms with Gasteiger partial charge in [0.2, 0.25) is 0 Å². The molecule has 0 aliphatic heterocycles. The topological polar surface area (TPSA) is 24.9 Å². The molecule has 0 spiro atoms. The summed E-state index contributed by atoms with van der Waals surface area (Å²) in [7, 11) is 1.51. The lowest BCUT2D eigenvalue weighted by atomic mass is 9.98. The van der Waals surface area contributed by atoms with E-state index in [1.165, 1.54) is 19.3 Å². The molecule has 2 rings (SSSR count). The van der Waals surface area contributed by atoms with Crippen LogP contribution in [-0.2, 0) is 0 Å². The molecule has 0 amide bonds. The van der Waals surface area contributed by atoms with Gasteiger partial charge in [0.05, 0.1) is 12.2 Å². The highest BCUT2D eigenvalue weighted by Crippen LogP contribution is 2.30. The second-order valence-corrected chi connectivity index (χ2v) is 4.82. The Hall–Kier alpha value is -1.40. The molecule has 0 saturated carbocycles. The number of benzene rings is 1. The molecule has 1 unspecified atom stereocenters. The van der Waals surface area contributed by atoms with Gasteiger partial charge in [0.1, 0.15) is 17.5 Å². The van der Waals surface area contributed by atoms with Crippen LogP contribution in [0.3, 0.4) is 0 Å². The maximum atomic E-state index is 13.9. The second-order valence-electron chi connectivity index (χ2n) is 3.90. The summed E-state index contributed by atoms with van der Waals surface area (Å²) >= 11 is 3.00. The summed E-state index contributed by atoms with van der Waals surface area (Å²) < 4.78 is 41.8. The van der Waals surface area contributed by atoms with Crippen LogP contribution in [0.15, 0.2) is 35.1 Å². The van der Waals surface area contributed by atoms with Crippen LogP contribution in [0.25, 0.3) is 0 Å². The van der Waals surface area contributed by atoms with Crippen molar-refractivity contribution in [2.24, 2.45) is 0 Å². The average Bonchev–Trinajstić information content (AvgIpc) is 2.34. The average molecular weight is 331 g/mol. The van der Waals surface area contributed by atoms with E-state index in [0.29, 0.717) is 0 Å². The highest BCUT2D eigenvalue weighted by atomic mass is 79.9. The van der Waals surface area contributed by atoms with Crippen LogP contribution in [0.1, 0.15) is 17.2 Å². The Bertz CT molecular complexity index is 581. The molecule has 0 saturated heterocycles. The van der Waals surface area contributed by atoms with Crippen LogP contribution in [0, 0.1) is 17.5 Å². The second kappa shape index (κ2) is 5.71. The normalized spacial score (nSPS) is 12.5. The first-order chi connectivity index (χ1) is 9.04. The molecular formula is C13H10BrF3N2. The van der Waals surface area contributed by atoms with Gasteiger partial charge in [0, 0.05) is 21.8 Å². The molecule has 19 heavy (non-hydrogen) atoms. The Morgan fingerprint density at radius 2 is 1.79 bits per heavy atom. The van der Waals surface area contributed by atoms with Crippen molar-refractivity contribution in [1.29, 1.82) is 0 Å². The fourth-order valence-electron chi connectivity index (χ4n) is 1.90. The fraction of sp³-hybridized carbons (Fsp3) is 0.154. The zero-order chi connectivity index (χ0) is 14.0. The van der Waals surface area contributed by atoms with Gasteiger partial charge in [0.15, 0.2) is 0 Å². The lowest BCUT2D eigenvalue weighted by Gasteiger charge is -2.19. The molecule has 1 aromatic carbocycles. The molecule has 6 heteroatoms. The molecule has 1 heterocycles. The first-order valence-corrected chi connectivity index (χ1v) is 6.25. The molecule has 2 aromatic rings. The van der Waals surface area contributed by atoms with Crippen LogP contribution < -0.4 is 5.32 Å². The largest absolute Gasteiger partial charge is 0.309 e. The number of nitrogens with zero attached hydrogens (tertiary/aromatic N) is 1. The smallest absolute Gasteiger partial charge is 0.146 e. The Labute approximate surface area is 116 Å². The minimum Gasteiger partial charge on any atom is -0.309 e. The van der Waals surface area contributed by atoms with E-state index in [9.17, 15) is 13.2 Å². The van der Waals surface area contributed by atoms with E-state index in [-0.39, 0.29) is 15.6 Å². The SMILES string of the molecule is CNC(c1ccncc1F)c1c(F)cc(Br)cc1F. The third-order valence-corrected chi connectivity index (χ3v) is 3.19. The number of halogens is 4. The summed E-state index contributed by atoms with van der Waals surface area (Å²) in [5.74, 6) is -2.12. The van der Waals surface area contributed by atoms with Crippen molar-refractivity contribution < 1.29 is 13.2 Å². The van der Waals surface area contributed by atoms with Crippen molar-refractivity contribution in [3.05, 3.63) is 63.6 Å². The van der Waals surface area contributed by atoms with E-state index in [2.05, 4.69) is 26.2 Å². The van der Waals surface area contributed by atoms with E-state index >= 15 is 0 Å². The molecular weight excluding hydrogens is 321 g/mol. The molecule has 1 atom stereocenters. The molecule has 0 fully saturated rings. The fourth-order valence-corrected chi connectivity index (χ4v) is 2.31. The standard InChI is InChI=1S/C13H10BrF3N2/c1-18-13(8-2-3-19-6-11(8)17)12-9(15)4-7(14)5-10(12)16/h2-6,13,18H,1H3. The van der Waals surface area contributed by atoms with E-state index in [1.807, 2.05) is 0 Å². The molecule has 2 nitrogen and oxygen atoms in total. The monoisotopic (exact) mass is 330 g/mol. The van der Waals surface area contributed by atoms with E-state index in [1.54, 1.807) is 0 Å². The zero-order valence-electron chi connectivity index (χ0n) is 9.92. The van der Waals surface area contributed by atoms with Crippen molar-refractivity contribution in [2.45, 2.75) is 6.04 Å². The summed E-state index contributed by atoms with van der Waals surface area (Å²) in [6.45, 7) is 0. The lowest BCUT2D eigenvalue weighted by molar-refractivity contribution is 0.505. The van der Waals surface area contributed by atoms with Gasteiger partial charge in [-0.15, -0.1) is 0 Å². The van der Waals surface area contributed by atoms with Gasteiger partial charge in [-0.2, -0.15) is 0 Å². The van der Waals surface area contributed by atoms with Gasteiger partial charge in [-0.1, -0.05) is 15.9 Å². The molecule has 0 aliphatic rings. The van der Waals surface area contributed by atoms with Gasteiger partial charge in [-0.25, -0.2) is 13.2 Å². The maximum absolute atomic E-state index is 13.9. The summed E-state index contributed by atoms with van der Waals surface area (Å²) in [6.07, 6.45) is 2.38. The van der Waals surface area contributed by atoms with Crippen LogP contribution >= 0.6 is 15.9 Å². The van der Waals surface area contributed by atoms with Crippen molar-refractivity contribution >= 4 is 15.9 Å². The van der Waals surface area contributed by atoms with Crippen LogP contribution in [0.4, 0.5) is 13.2 Å². The van der Waals surface area contributed by atoms with E-state index in [4.69, 9.17) is 0 Å². The number of aromatic nitrogens is 1. The third kappa shape index (κ3) is 2.79. The molecule has 1 N–H and O–H groups in total. The summed E-state index contributed by atoms with van der Waals surface area (Å²) in [5, 5.41) is 2.71. The molecule has 100 valence electrons. The Balaban J connectivity index is 2.58. The van der Waals surface area contributed by atoms with Gasteiger partial charge in [-0.3, -0.25) is 4.98 Å².